The molecule has 0 fully saturated rings. The minimum absolute atomic E-state index is 0.639. The molecular formula is C19H20N2OS. The van der Waals surface area contributed by atoms with Crippen molar-refractivity contribution >= 4 is 23.4 Å². The molecule has 0 bridgehead atoms. The number of benzene rings is 1. The summed E-state index contributed by atoms with van der Waals surface area (Å²) in [7, 11) is 0. The van der Waals surface area contributed by atoms with E-state index in [0.717, 1.165) is 41.3 Å². The number of aromatic nitrogens is 1. The zero-order valence-electron chi connectivity index (χ0n) is 13.2. The molecular weight excluding hydrogens is 304 g/mol. The first kappa shape index (κ1) is 15.8. The number of aryl methyl sites for hydroxylation is 1. The van der Waals surface area contributed by atoms with Crippen LogP contribution >= 0.6 is 11.8 Å². The van der Waals surface area contributed by atoms with Crippen molar-refractivity contribution in [1.82, 2.24) is 4.98 Å². The molecule has 1 aliphatic rings. The molecule has 0 N–H and O–H groups in total. The van der Waals surface area contributed by atoms with Crippen molar-refractivity contribution in [2.45, 2.75) is 19.8 Å². The molecule has 1 aromatic carbocycles. The molecule has 0 saturated heterocycles. The molecule has 23 heavy (non-hydrogen) atoms. The van der Waals surface area contributed by atoms with E-state index >= 15 is 0 Å². The van der Waals surface area contributed by atoms with Gasteiger partial charge in [-0.15, -0.1) is 11.8 Å². The highest BCUT2D eigenvalue weighted by Crippen LogP contribution is 2.20. The molecule has 2 aromatic rings. The molecule has 0 saturated carbocycles. The molecule has 1 aliphatic heterocycles. The van der Waals surface area contributed by atoms with Crippen LogP contribution in [0.25, 0.3) is 6.08 Å². The summed E-state index contributed by atoms with van der Waals surface area (Å²) in [6.45, 7) is 2.77. The van der Waals surface area contributed by atoms with Crippen LogP contribution in [0.3, 0.4) is 0 Å². The molecule has 0 unspecified atom stereocenters. The Kier molecular flexibility index (Phi) is 5.48. The first-order valence-electron chi connectivity index (χ1n) is 7.85. The topological polar surface area (TPSA) is 34.5 Å². The first-order chi connectivity index (χ1) is 11.3. The largest absolute Gasteiger partial charge is 0.493 e. The van der Waals surface area contributed by atoms with Gasteiger partial charge in [-0.2, -0.15) is 0 Å². The van der Waals surface area contributed by atoms with Crippen molar-refractivity contribution in [1.29, 1.82) is 0 Å². The summed E-state index contributed by atoms with van der Waals surface area (Å²) < 4.78 is 5.80. The Morgan fingerprint density at radius 1 is 1.17 bits per heavy atom. The Hall–Kier alpha value is -2.07. The van der Waals surface area contributed by atoms with Crippen LogP contribution in [0.2, 0.25) is 0 Å². The summed E-state index contributed by atoms with van der Waals surface area (Å²) in [4.78, 5) is 8.76. The van der Waals surface area contributed by atoms with E-state index in [1.165, 1.54) is 5.56 Å². The number of pyridine rings is 1. The number of aliphatic imine (C=N–C) groups is 1. The van der Waals surface area contributed by atoms with E-state index in [1.54, 1.807) is 11.8 Å². The van der Waals surface area contributed by atoms with Gasteiger partial charge in [0.15, 0.2) is 0 Å². The molecule has 0 radical (unpaired) electrons. The van der Waals surface area contributed by atoms with Crippen LogP contribution in [-0.4, -0.2) is 22.9 Å². The molecule has 118 valence electrons. The number of rotatable bonds is 6. The normalized spacial score (nSPS) is 15.3. The SMILES string of the molecule is CCc1ccc(CCOc2ccc(C=C3CSC=N3)cc2)nc1. The van der Waals surface area contributed by atoms with Crippen molar-refractivity contribution in [2.75, 3.05) is 12.4 Å². The molecule has 0 aliphatic carbocycles. The number of nitrogens with zero attached hydrogens (tertiary/aromatic N) is 2. The molecule has 0 atom stereocenters. The smallest absolute Gasteiger partial charge is 0.119 e. The second kappa shape index (κ2) is 7.97. The van der Waals surface area contributed by atoms with Gasteiger partial charge < -0.3 is 4.74 Å². The van der Waals surface area contributed by atoms with Crippen LogP contribution in [0, 0.1) is 0 Å². The van der Waals surface area contributed by atoms with Gasteiger partial charge in [0, 0.05) is 24.1 Å². The standard InChI is InChI=1S/C19H20N2OS/c1-2-15-3-6-17(20-12-15)9-10-22-19-7-4-16(5-8-19)11-18-13-23-14-21-18/h3-8,11-12,14H,2,9-10,13H2,1H3. The molecule has 0 spiro atoms. The highest BCUT2D eigenvalue weighted by Gasteiger charge is 2.02. The lowest BCUT2D eigenvalue weighted by atomic mass is 10.2. The van der Waals surface area contributed by atoms with Crippen molar-refractivity contribution in [3.8, 4) is 5.75 Å². The van der Waals surface area contributed by atoms with E-state index in [2.05, 4.69) is 47.2 Å². The summed E-state index contributed by atoms with van der Waals surface area (Å²) >= 11 is 1.73. The van der Waals surface area contributed by atoms with Crippen LogP contribution in [0.1, 0.15) is 23.7 Å². The maximum Gasteiger partial charge on any atom is 0.119 e. The Morgan fingerprint density at radius 2 is 2.04 bits per heavy atom. The van der Waals surface area contributed by atoms with E-state index in [0.29, 0.717) is 6.61 Å². The number of hydrogen-bond acceptors (Lipinski definition) is 4. The van der Waals surface area contributed by atoms with Crippen LogP contribution in [0.4, 0.5) is 0 Å². The Balaban J connectivity index is 1.50. The minimum Gasteiger partial charge on any atom is -0.493 e. The average Bonchev–Trinajstić information content (AvgIpc) is 3.10. The van der Waals surface area contributed by atoms with Crippen molar-refractivity contribution in [3.05, 3.63) is 65.1 Å². The molecule has 3 rings (SSSR count). The molecule has 1 aromatic heterocycles. The Morgan fingerprint density at radius 3 is 2.70 bits per heavy atom. The fraction of sp³-hybridized carbons (Fsp3) is 0.263. The van der Waals surface area contributed by atoms with Crippen molar-refractivity contribution in [3.63, 3.8) is 0 Å². The highest BCUT2D eigenvalue weighted by atomic mass is 32.2. The Bertz CT molecular complexity index is 690. The van der Waals surface area contributed by atoms with E-state index in [1.807, 2.05) is 23.9 Å². The first-order valence-corrected chi connectivity index (χ1v) is 8.90. The quantitative estimate of drug-likeness (QED) is 0.791. The molecule has 0 amide bonds. The van der Waals surface area contributed by atoms with Gasteiger partial charge in [-0.3, -0.25) is 9.98 Å². The minimum atomic E-state index is 0.639. The van der Waals surface area contributed by atoms with E-state index in [4.69, 9.17) is 4.74 Å². The predicted molar refractivity (Wildman–Crippen MR) is 98.2 cm³/mol. The average molecular weight is 324 g/mol. The lowest BCUT2D eigenvalue weighted by Gasteiger charge is -2.07. The fourth-order valence-corrected chi connectivity index (χ4v) is 2.90. The lowest BCUT2D eigenvalue weighted by Crippen LogP contribution is -2.03. The lowest BCUT2D eigenvalue weighted by molar-refractivity contribution is 0.320. The van der Waals surface area contributed by atoms with Crippen LogP contribution in [0.15, 0.2) is 53.3 Å². The van der Waals surface area contributed by atoms with Gasteiger partial charge in [-0.05, 0) is 41.8 Å². The monoisotopic (exact) mass is 324 g/mol. The van der Waals surface area contributed by atoms with Gasteiger partial charge in [0.25, 0.3) is 0 Å². The summed E-state index contributed by atoms with van der Waals surface area (Å²) in [6.07, 6.45) is 5.90. The third kappa shape index (κ3) is 4.70. The summed E-state index contributed by atoms with van der Waals surface area (Å²) in [6, 6.07) is 12.4. The van der Waals surface area contributed by atoms with Crippen LogP contribution in [-0.2, 0) is 12.8 Å². The zero-order valence-corrected chi connectivity index (χ0v) is 14.1. The highest BCUT2D eigenvalue weighted by molar-refractivity contribution is 8.12. The van der Waals surface area contributed by atoms with Gasteiger partial charge in [0.05, 0.1) is 17.9 Å². The van der Waals surface area contributed by atoms with Gasteiger partial charge in [-0.1, -0.05) is 25.1 Å². The van der Waals surface area contributed by atoms with E-state index < -0.39 is 0 Å². The second-order valence-electron chi connectivity index (χ2n) is 5.36. The van der Waals surface area contributed by atoms with Gasteiger partial charge >= 0.3 is 0 Å². The van der Waals surface area contributed by atoms with Crippen LogP contribution < -0.4 is 4.74 Å². The van der Waals surface area contributed by atoms with Gasteiger partial charge in [0.1, 0.15) is 5.75 Å². The van der Waals surface area contributed by atoms with Crippen molar-refractivity contribution in [2.24, 2.45) is 4.99 Å². The van der Waals surface area contributed by atoms with E-state index in [-0.39, 0.29) is 0 Å². The van der Waals surface area contributed by atoms with E-state index in [9.17, 15) is 0 Å². The maximum atomic E-state index is 5.80. The number of hydrogen-bond donors (Lipinski definition) is 0. The number of ether oxygens (including phenoxy) is 1. The second-order valence-corrected chi connectivity index (χ2v) is 6.19. The van der Waals surface area contributed by atoms with Gasteiger partial charge in [-0.25, -0.2) is 0 Å². The summed E-state index contributed by atoms with van der Waals surface area (Å²) in [5.74, 6) is 1.85. The summed E-state index contributed by atoms with van der Waals surface area (Å²) in [5, 5.41) is 0. The van der Waals surface area contributed by atoms with Gasteiger partial charge in [0.2, 0.25) is 0 Å². The third-order valence-corrected chi connectivity index (χ3v) is 4.38. The van der Waals surface area contributed by atoms with Crippen LogP contribution in [0.5, 0.6) is 5.75 Å². The fourth-order valence-electron chi connectivity index (χ4n) is 2.28. The number of thioether (sulfide) groups is 1. The van der Waals surface area contributed by atoms with Crippen molar-refractivity contribution < 1.29 is 4.74 Å². The maximum absolute atomic E-state index is 5.80. The summed E-state index contributed by atoms with van der Waals surface area (Å²) in [5.41, 5.74) is 6.50. The molecule has 4 heteroatoms. The predicted octanol–water partition coefficient (Wildman–Crippen LogP) is 4.38. The Labute approximate surface area is 141 Å². The zero-order chi connectivity index (χ0) is 15.9. The molecule has 3 nitrogen and oxygen atoms in total. The molecule has 2 heterocycles. The third-order valence-electron chi connectivity index (χ3n) is 3.66.